The van der Waals surface area contributed by atoms with Gasteiger partial charge in [0.25, 0.3) is 5.91 Å². The van der Waals surface area contributed by atoms with Crippen LogP contribution in [0.5, 0.6) is 0 Å². The predicted octanol–water partition coefficient (Wildman–Crippen LogP) is 4.97. The fraction of sp³-hybridized carbons (Fsp3) is 0.0833. The molecule has 0 spiro atoms. The summed E-state index contributed by atoms with van der Waals surface area (Å²) in [4.78, 5) is 13.1. The summed E-state index contributed by atoms with van der Waals surface area (Å²) in [6.45, 7) is 0.529. The molecular weight excluding hydrogens is 446 g/mol. The molecule has 0 atom stereocenters. The molecule has 2 rings (SSSR count). The first-order valence-electron chi connectivity index (χ1n) is 5.02. The van der Waals surface area contributed by atoms with Gasteiger partial charge >= 0.3 is 0 Å². The van der Waals surface area contributed by atoms with Crippen LogP contribution in [-0.2, 0) is 6.54 Å². The van der Waals surface area contributed by atoms with Crippen LogP contribution in [0.15, 0.2) is 43.1 Å². The average molecular weight is 454 g/mol. The van der Waals surface area contributed by atoms with Crippen LogP contribution >= 0.6 is 59.1 Å². The Hall–Kier alpha value is -0.170. The molecule has 6 heteroatoms. The molecule has 18 heavy (non-hydrogen) atoms. The van der Waals surface area contributed by atoms with Crippen molar-refractivity contribution in [2.75, 3.05) is 0 Å². The lowest BCUT2D eigenvalue weighted by molar-refractivity contribution is 0.0951. The van der Waals surface area contributed by atoms with Crippen molar-refractivity contribution in [3.63, 3.8) is 0 Å². The predicted molar refractivity (Wildman–Crippen MR) is 85.0 cm³/mol. The summed E-state index contributed by atoms with van der Waals surface area (Å²) >= 11 is 11.8. The molecule has 0 bridgehead atoms. The van der Waals surface area contributed by atoms with E-state index in [0.717, 1.165) is 18.3 Å². The zero-order valence-corrected chi connectivity index (χ0v) is 14.6. The SMILES string of the molecule is O=C(NCc1sccc1Br)c1cc(Br)cc(Br)c1. The Balaban J connectivity index is 2.06. The second-order valence-electron chi connectivity index (χ2n) is 3.53. The Morgan fingerprint density at radius 3 is 2.39 bits per heavy atom. The Kier molecular flexibility index (Phi) is 5.00. The third-order valence-corrected chi connectivity index (χ3v) is 5.07. The van der Waals surface area contributed by atoms with Crippen LogP contribution < -0.4 is 5.32 Å². The van der Waals surface area contributed by atoms with Gasteiger partial charge in [-0.1, -0.05) is 31.9 Å². The molecule has 0 saturated heterocycles. The molecular formula is C12H8Br3NOS. The van der Waals surface area contributed by atoms with Gasteiger partial charge in [0, 0.05) is 23.9 Å². The van der Waals surface area contributed by atoms with E-state index in [1.165, 1.54) is 0 Å². The highest BCUT2D eigenvalue weighted by molar-refractivity contribution is 9.11. The third kappa shape index (κ3) is 3.66. The van der Waals surface area contributed by atoms with Crippen LogP contribution in [0.2, 0.25) is 0 Å². The maximum atomic E-state index is 12.0. The van der Waals surface area contributed by atoms with Crippen molar-refractivity contribution < 1.29 is 4.79 Å². The minimum Gasteiger partial charge on any atom is -0.347 e. The van der Waals surface area contributed by atoms with Crippen LogP contribution in [0.25, 0.3) is 0 Å². The van der Waals surface area contributed by atoms with Gasteiger partial charge in [0.05, 0.1) is 6.54 Å². The maximum absolute atomic E-state index is 12.0. The van der Waals surface area contributed by atoms with E-state index in [1.807, 2.05) is 17.5 Å². The van der Waals surface area contributed by atoms with Crippen molar-refractivity contribution in [1.82, 2.24) is 5.32 Å². The molecule has 2 aromatic rings. The number of amides is 1. The zero-order valence-electron chi connectivity index (χ0n) is 9.04. The van der Waals surface area contributed by atoms with Gasteiger partial charge < -0.3 is 5.32 Å². The van der Waals surface area contributed by atoms with Crippen LogP contribution in [0.1, 0.15) is 15.2 Å². The van der Waals surface area contributed by atoms with E-state index in [9.17, 15) is 4.79 Å². The Bertz CT molecular complexity index is 562. The summed E-state index contributed by atoms with van der Waals surface area (Å²) in [5.41, 5.74) is 0.629. The zero-order chi connectivity index (χ0) is 13.1. The lowest BCUT2D eigenvalue weighted by Crippen LogP contribution is -2.22. The number of hydrogen-bond donors (Lipinski definition) is 1. The topological polar surface area (TPSA) is 29.1 Å². The van der Waals surface area contributed by atoms with Crippen molar-refractivity contribution in [3.05, 3.63) is 53.5 Å². The molecule has 0 saturated carbocycles. The van der Waals surface area contributed by atoms with E-state index in [4.69, 9.17) is 0 Å². The van der Waals surface area contributed by atoms with Crippen LogP contribution in [0.3, 0.4) is 0 Å². The van der Waals surface area contributed by atoms with Crippen molar-refractivity contribution in [2.24, 2.45) is 0 Å². The quantitative estimate of drug-likeness (QED) is 0.698. The molecule has 2 nitrogen and oxygen atoms in total. The summed E-state index contributed by atoms with van der Waals surface area (Å²) in [6.07, 6.45) is 0. The second kappa shape index (κ2) is 6.32. The number of hydrogen-bond acceptors (Lipinski definition) is 2. The smallest absolute Gasteiger partial charge is 0.251 e. The number of carbonyl (C=O) groups excluding carboxylic acids is 1. The van der Waals surface area contributed by atoms with Gasteiger partial charge in [-0.2, -0.15) is 0 Å². The summed E-state index contributed by atoms with van der Waals surface area (Å²) in [5, 5.41) is 4.88. The van der Waals surface area contributed by atoms with Gasteiger partial charge in [0.15, 0.2) is 0 Å². The number of benzene rings is 1. The summed E-state index contributed by atoms with van der Waals surface area (Å²) < 4.78 is 2.78. The molecule has 0 fully saturated rings. The van der Waals surface area contributed by atoms with E-state index in [2.05, 4.69) is 53.1 Å². The normalized spacial score (nSPS) is 10.4. The van der Waals surface area contributed by atoms with Gasteiger partial charge in [-0.3, -0.25) is 4.79 Å². The molecule has 1 heterocycles. The molecule has 1 aromatic heterocycles. The Morgan fingerprint density at radius 1 is 1.17 bits per heavy atom. The summed E-state index contributed by atoms with van der Waals surface area (Å²) in [6, 6.07) is 7.46. The average Bonchev–Trinajstić information content (AvgIpc) is 2.70. The Morgan fingerprint density at radius 2 is 1.83 bits per heavy atom. The van der Waals surface area contributed by atoms with E-state index < -0.39 is 0 Å². The van der Waals surface area contributed by atoms with E-state index in [-0.39, 0.29) is 5.91 Å². The van der Waals surface area contributed by atoms with Gasteiger partial charge in [0.1, 0.15) is 0 Å². The van der Waals surface area contributed by atoms with Gasteiger partial charge in [-0.05, 0) is 45.6 Å². The fourth-order valence-corrected chi connectivity index (χ4v) is 4.12. The first-order chi connectivity index (χ1) is 8.56. The highest BCUT2D eigenvalue weighted by atomic mass is 79.9. The van der Waals surface area contributed by atoms with Crippen molar-refractivity contribution in [1.29, 1.82) is 0 Å². The highest BCUT2D eigenvalue weighted by Crippen LogP contribution is 2.23. The van der Waals surface area contributed by atoms with Gasteiger partial charge in [0.2, 0.25) is 0 Å². The van der Waals surface area contributed by atoms with Gasteiger partial charge in [-0.15, -0.1) is 11.3 Å². The van der Waals surface area contributed by atoms with Crippen molar-refractivity contribution in [2.45, 2.75) is 6.54 Å². The van der Waals surface area contributed by atoms with Crippen LogP contribution in [0, 0.1) is 0 Å². The van der Waals surface area contributed by atoms with Gasteiger partial charge in [-0.25, -0.2) is 0 Å². The number of nitrogens with one attached hydrogen (secondary N) is 1. The first-order valence-corrected chi connectivity index (χ1v) is 8.28. The highest BCUT2D eigenvalue weighted by Gasteiger charge is 2.08. The maximum Gasteiger partial charge on any atom is 0.251 e. The molecule has 0 unspecified atom stereocenters. The molecule has 1 N–H and O–H groups in total. The monoisotopic (exact) mass is 451 g/mol. The molecule has 1 amide bonds. The summed E-state index contributed by atoms with van der Waals surface area (Å²) in [7, 11) is 0. The molecule has 0 aliphatic rings. The van der Waals surface area contributed by atoms with Crippen LogP contribution in [-0.4, -0.2) is 5.91 Å². The molecule has 1 aromatic carbocycles. The number of thiophene rings is 1. The summed E-state index contributed by atoms with van der Waals surface area (Å²) in [5.74, 6) is -0.0858. The van der Waals surface area contributed by atoms with Crippen molar-refractivity contribution in [3.8, 4) is 0 Å². The molecule has 0 radical (unpaired) electrons. The molecule has 94 valence electrons. The second-order valence-corrected chi connectivity index (χ2v) is 7.22. The van der Waals surface area contributed by atoms with E-state index >= 15 is 0 Å². The standard InChI is InChI=1S/C12H8Br3NOS/c13-8-3-7(4-9(14)5-8)12(17)16-6-11-10(15)1-2-18-11/h1-5H,6H2,(H,16,17). The Labute approximate surface area is 134 Å². The molecule has 0 aliphatic carbocycles. The fourth-order valence-electron chi connectivity index (χ4n) is 1.40. The van der Waals surface area contributed by atoms with Crippen LogP contribution in [0.4, 0.5) is 0 Å². The lowest BCUT2D eigenvalue weighted by atomic mass is 10.2. The number of halogens is 3. The molecule has 0 aliphatic heterocycles. The van der Waals surface area contributed by atoms with E-state index in [1.54, 1.807) is 23.5 Å². The third-order valence-electron chi connectivity index (χ3n) is 2.23. The largest absolute Gasteiger partial charge is 0.347 e. The number of rotatable bonds is 3. The minimum absolute atomic E-state index is 0.0858. The first kappa shape index (κ1) is 14.2. The lowest BCUT2D eigenvalue weighted by Gasteiger charge is -2.05. The van der Waals surface area contributed by atoms with Crippen molar-refractivity contribution >= 4 is 65.0 Å². The van der Waals surface area contributed by atoms with E-state index in [0.29, 0.717) is 12.1 Å². The number of carbonyl (C=O) groups is 1. The minimum atomic E-state index is -0.0858.